The fraction of sp³-hybridized carbons (Fsp3) is 0.200. The topological polar surface area (TPSA) is 12.0 Å². The Morgan fingerprint density at radius 3 is 2.40 bits per heavy atom. The van der Waals surface area contributed by atoms with Crippen LogP contribution in [0, 0.1) is 17.5 Å². The second-order valence-electron chi connectivity index (χ2n) is 4.50. The molecule has 1 unspecified atom stereocenters. The van der Waals surface area contributed by atoms with Crippen LogP contribution in [0.5, 0.6) is 0 Å². The number of halogens is 4. The lowest BCUT2D eigenvalue weighted by atomic mass is 9.99. The van der Waals surface area contributed by atoms with Gasteiger partial charge in [-0.25, -0.2) is 13.2 Å². The first-order chi connectivity index (χ1) is 9.49. The van der Waals surface area contributed by atoms with Crippen molar-refractivity contribution in [3.8, 4) is 0 Å². The number of benzene rings is 2. The first-order valence-electron chi connectivity index (χ1n) is 6.07. The highest BCUT2D eigenvalue weighted by Gasteiger charge is 2.13. The van der Waals surface area contributed by atoms with Crippen molar-refractivity contribution in [2.75, 3.05) is 7.05 Å². The van der Waals surface area contributed by atoms with Crippen LogP contribution < -0.4 is 5.32 Å². The summed E-state index contributed by atoms with van der Waals surface area (Å²) in [6.07, 6.45) is 0.470. The van der Waals surface area contributed by atoms with Gasteiger partial charge >= 0.3 is 0 Å². The van der Waals surface area contributed by atoms with Gasteiger partial charge in [0.2, 0.25) is 0 Å². The minimum atomic E-state index is -0.886. The number of hydrogen-bond acceptors (Lipinski definition) is 1. The zero-order valence-electron chi connectivity index (χ0n) is 10.8. The molecule has 0 radical (unpaired) electrons. The number of rotatable bonds is 4. The van der Waals surface area contributed by atoms with Gasteiger partial charge in [0.1, 0.15) is 5.82 Å². The molecule has 0 aromatic heterocycles. The van der Waals surface area contributed by atoms with E-state index < -0.39 is 11.6 Å². The highest BCUT2D eigenvalue weighted by Crippen LogP contribution is 2.23. The van der Waals surface area contributed by atoms with Crippen molar-refractivity contribution in [1.29, 1.82) is 0 Å². The van der Waals surface area contributed by atoms with E-state index in [-0.39, 0.29) is 11.9 Å². The van der Waals surface area contributed by atoms with E-state index in [1.807, 2.05) is 0 Å². The van der Waals surface area contributed by atoms with Crippen molar-refractivity contribution >= 4 is 15.9 Å². The molecule has 0 bridgehead atoms. The van der Waals surface area contributed by atoms with Crippen molar-refractivity contribution in [3.05, 3.63) is 69.4 Å². The van der Waals surface area contributed by atoms with Crippen molar-refractivity contribution in [3.63, 3.8) is 0 Å². The second kappa shape index (κ2) is 6.41. The fourth-order valence-electron chi connectivity index (χ4n) is 2.08. The molecule has 1 nitrogen and oxygen atoms in total. The Hall–Kier alpha value is -1.33. The molecule has 5 heteroatoms. The van der Waals surface area contributed by atoms with E-state index in [4.69, 9.17) is 0 Å². The van der Waals surface area contributed by atoms with Crippen LogP contribution in [0.25, 0.3) is 0 Å². The largest absolute Gasteiger partial charge is 0.313 e. The van der Waals surface area contributed by atoms with Crippen LogP contribution in [-0.4, -0.2) is 7.05 Å². The molecule has 0 aliphatic heterocycles. The molecule has 1 N–H and O–H groups in total. The Morgan fingerprint density at radius 1 is 1.05 bits per heavy atom. The van der Waals surface area contributed by atoms with Crippen LogP contribution in [0.3, 0.4) is 0 Å². The summed E-state index contributed by atoms with van der Waals surface area (Å²) in [6, 6.07) is 8.14. The van der Waals surface area contributed by atoms with Crippen molar-refractivity contribution in [1.82, 2.24) is 5.32 Å². The molecule has 0 aliphatic rings. The molecule has 20 heavy (non-hydrogen) atoms. The predicted octanol–water partition coefficient (Wildman–Crippen LogP) is 4.37. The van der Waals surface area contributed by atoms with Gasteiger partial charge in [-0.15, -0.1) is 0 Å². The van der Waals surface area contributed by atoms with Crippen LogP contribution in [0.4, 0.5) is 13.2 Å². The standard InChI is InChI=1S/C15H13BrF3N/c1-20-15(10-2-3-13(18)14(19)7-10)6-9-4-11(16)8-12(17)5-9/h2-5,7-8,15,20H,6H2,1H3. The molecule has 0 spiro atoms. The van der Waals surface area contributed by atoms with E-state index in [9.17, 15) is 13.2 Å². The highest BCUT2D eigenvalue weighted by atomic mass is 79.9. The van der Waals surface area contributed by atoms with Gasteiger partial charge in [0.05, 0.1) is 0 Å². The average molecular weight is 344 g/mol. The van der Waals surface area contributed by atoms with Crippen LogP contribution in [-0.2, 0) is 6.42 Å². The van der Waals surface area contributed by atoms with E-state index in [0.29, 0.717) is 16.5 Å². The van der Waals surface area contributed by atoms with E-state index >= 15 is 0 Å². The first kappa shape index (κ1) is 15.1. The third kappa shape index (κ3) is 3.61. The summed E-state index contributed by atoms with van der Waals surface area (Å²) in [5.74, 6) is -2.10. The van der Waals surface area contributed by atoms with E-state index in [1.54, 1.807) is 13.1 Å². The van der Waals surface area contributed by atoms with Crippen LogP contribution >= 0.6 is 15.9 Å². The lowest BCUT2D eigenvalue weighted by molar-refractivity contribution is 0.501. The Labute approximate surface area is 123 Å². The minimum absolute atomic E-state index is 0.223. The normalized spacial score (nSPS) is 12.4. The smallest absolute Gasteiger partial charge is 0.159 e. The summed E-state index contributed by atoms with van der Waals surface area (Å²) in [5, 5.41) is 3.03. The van der Waals surface area contributed by atoms with E-state index in [0.717, 1.165) is 17.7 Å². The summed E-state index contributed by atoms with van der Waals surface area (Å²) in [4.78, 5) is 0. The summed E-state index contributed by atoms with van der Waals surface area (Å²) < 4.78 is 40.2. The van der Waals surface area contributed by atoms with Gasteiger partial charge in [-0.05, 0) is 54.9 Å². The third-order valence-electron chi connectivity index (χ3n) is 3.06. The van der Waals surface area contributed by atoms with Gasteiger partial charge in [-0.2, -0.15) is 0 Å². The fourth-order valence-corrected chi connectivity index (χ4v) is 2.59. The molecule has 1 atom stereocenters. The molecule has 2 aromatic carbocycles. The molecule has 0 fully saturated rings. The van der Waals surface area contributed by atoms with Crippen molar-refractivity contribution in [2.45, 2.75) is 12.5 Å². The van der Waals surface area contributed by atoms with Gasteiger partial charge in [0, 0.05) is 10.5 Å². The number of nitrogens with one attached hydrogen (secondary N) is 1. The molecule has 2 aromatic rings. The second-order valence-corrected chi connectivity index (χ2v) is 5.41. The SMILES string of the molecule is CNC(Cc1cc(F)cc(Br)c1)c1ccc(F)c(F)c1. The molecule has 0 heterocycles. The van der Waals surface area contributed by atoms with Crippen LogP contribution in [0.2, 0.25) is 0 Å². The van der Waals surface area contributed by atoms with Crippen LogP contribution in [0.1, 0.15) is 17.2 Å². The summed E-state index contributed by atoms with van der Waals surface area (Å²) in [6.45, 7) is 0. The molecule has 0 saturated heterocycles. The van der Waals surface area contributed by atoms with Crippen molar-refractivity contribution in [2.24, 2.45) is 0 Å². The van der Waals surface area contributed by atoms with Gasteiger partial charge in [-0.3, -0.25) is 0 Å². The maximum absolute atomic E-state index is 13.3. The Balaban J connectivity index is 2.26. The molecule has 2 rings (SSSR count). The maximum atomic E-state index is 13.3. The lowest BCUT2D eigenvalue weighted by Gasteiger charge is -2.17. The Morgan fingerprint density at radius 2 is 1.80 bits per heavy atom. The Kier molecular flexibility index (Phi) is 4.83. The summed E-state index contributed by atoms with van der Waals surface area (Å²) >= 11 is 3.23. The third-order valence-corrected chi connectivity index (χ3v) is 3.51. The quantitative estimate of drug-likeness (QED) is 0.869. The summed E-state index contributed by atoms with van der Waals surface area (Å²) in [7, 11) is 1.72. The molecular formula is C15H13BrF3N. The average Bonchev–Trinajstić information content (AvgIpc) is 2.38. The van der Waals surface area contributed by atoms with E-state index in [1.165, 1.54) is 18.2 Å². The molecular weight excluding hydrogens is 331 g/mol. The minimum Gasteiger partial charge on any atom is -0.313 e. The monoisotopic (exact) mass is 343 g/mol. The first-order valence-corrected chi connectivity index (χ1v) is 6.86. The van der Waals surface area contributed by atoms with E-state index in [2.05, 4.69) is 21.2 Å². The van der Waals surface area contributed by atoms with Crippen molar-refractivity contribution < 1.29 is 13.2 Å². The molecule has 0 aliphatic carbocycles. The molecule has 0 saturated carbocycles. The Bertz CT molecular complexity index is 596. The zero-order valence-corrected chi connectivity index (χ0v) is 12.3. The van der Waals surface area contributed by atoms with Gasteiger partial charge in [-0.1, -0.05) is 22.0 Å². The maximum Gasteiger partial charge on any atom is 0.159 e. The number of likely N-dealkylation sites (N-methyl/N-ethyl adjacent to an activating group) is 1. The van der Waals surface area contributed by atoms with Gasteiger partial charge in [0.25, 0.3) is 0 Å². The van der Waals surface area contributed by atoms with Crippen LogP contribution in [0.15, 0.2) is 40.9 Å². The van der Waals surface area contributed by atoms with Gasteiger partial charge in [0.15, 0.2) is 11.6 Å². The lowest BCUT2D eigenvalue weighted by Crippen LogP contribution is -2.19. The zero-order chi connectivity index (χ0) is 14.7. The van der Waals surface area contributed by atoms with Gasteiger partial charge < -0.3 is 5.32 Å². The number of hydrogen-bond donors (Lipinski definition) is 1. The highest BCUT2D eigenvalue weighted by molar-refractivity contribution is 9.10. The predicted molar refractivity (Wildman–Crippen MR) is 76.0 cm³/mol. The molecule has 106 valence electrons. The summed E-state index contributed by atoms with van der Waals surface area (Å²) in [5.41, 5.74) is 1.38. The molecule has 0 amide bonds.